The maximum Gasteiger partial charge on any atom is 0.223 e. The van der Waals surface area contributed by atoms with Gasteiger partial charge >= 0.3 is 0 Å². The first-order valence-corrected chi connectivity index (χ1v) is 7.32. The monoisotopic (exact) mass is 291 g/mol. The number of aromatic amines is 1. The molecule has 102 valence electrons. The molecular weight excluding hydrogens is 274 g/mol. The molecule has 0 bridgehead atoms. The van der Waals surface area contributed by atoms with Crippen molar-refractivity contribution in [1.29, 1.82) is 0 Å². The molecule has 0 saturated carbocycles. The number of sulfonamides is 1. The third-order valence-electron chi connectivity index (χ3n) is 2.49. The molecule has 0 amide bonds. The fourth-order valence-corrected chi connectivity index (χ4v) is 3.50. The second kappa shape index (κ2) is 5.72. The van der Waals surface area contributed by atoms with E-state index in [1.807, 2.05) is 0 Å². The van der Waals surface area contributed by atoms with Crippen LogP contribution in [-0.4, -0.2) is 45.2 Å². The molecular formula is C9H17N5O2S2. The van der Waals surface area contributed by atoms with Gasteiger partial charge in [-0.1, -0.05) is 19.1 Å². The Hall–Kier alpha value is -1.06. The van der Waals surface area contributed by atoms with Crippen molar-refractivity contribution >= 4 is 27.2 Å². The van der Waals surface area contributed by atoms with Crippen LogP contribution in [0.25, 0.3) is 0 Å². The summed E-state index contributed by atoms with van der Waals surface area (Å²) in [6, 6.07) is 0. The summed E-state index contributed by atoms with van der Waals surface area (Å²) in [6.45, 7) is 3.56. The highest BCUT2D eigenvalue weighted by atomic mass is 32.2. The van der Waals surface area contributed by atoms with Crippen LogP contribution in [0.5, 0.6) is 0 Å². The van der Waals surface area contributed by atoms with Crippen LogP contribution in [0.1, 0.15) is 25.0 Å². The molecule has 0 aromatic carbocycles. The molecule has 0 fully saturated rings. The smallest absolute Gasteiger partial charge is 0.223 e. The number of aryl methyl sites for hydroxylation is 1. The Labute approximate surface area is 112 Å². The van der Waals surface area contributed by atoms with E-state index in [1.54, 1.807) is 13.8 Å². The molecule has 3 N–H and O–H groups in total. The molecule has 1 aromatic rings. The van der Waals surface area contributed by atoms with E-state index in [4.69, 9.17) is 18.0 Å². The largest absolute Gasteiger partial charge is 0.392 e. The van der Waals surface area contributed by atoms with Crippen LogP contribution in [-0.2, 0) is 16.6 Å². The van der Waals surface area contributed by atoms with Crippen LogP contribution in [0.4, 0.5) is 0 Å². The molecule has 0 saturated heterocycles. The van der Waals surface area contributed by atoms with Gasteiger partial charge in [-0.05, 0) is 13.3 Å². The minimum atomic E-state index is -3.57. The van der Waals surface area contributed by atoms with Crippen LogP contribution < -0.4 is 5.73 Å². The van der Waals surface area contributed by atoms with Crippen molar-refractivity contribution in [3.8, 4) is 0 Å². The summed E-state index contributed by atoms with van der Waals surface area (Å²) in [5.74, 6) is 1.05. The number of nitrogens with one attached hydrogen (secondary N) is 1. The Morgan fingerprint density at radius 1 is 1.61 bits per heavy atom. The van der Waals surface area contributed by atoms with E-state index in [1.165, 1.54) is 11.4 Å². The number of hydrogen-bond acceptors (Lipinski definition) is 5. The van der Waals surface area contributed by atoms with Crippen molar-refractivity contribution in [3.63, 3.8) is 0 Å². The van der Waals surface area contributed by atoms with Crippen LogP contribution in [0.2, 0.25) is 0 Å². The number of aromatic nitrogens is 3. The lowest BCUT2D eigenvalue weighted by Gasteiger charge is -2.21. The molecule has 1 aromatic heterocycles. The molecule has 1 rings (SSSR count). The Morgan fingerprint density at radius 3 is 2.61 bits per heavy atom. The van der Waals surface area contributed by atoms with E-state index < -0.39 is 15.3 Å². The first-order chi connectivity index (χ1) is 8.28. The van der Waals surface area contributed by atoms with Gasteiger partial charge in [0.25, 0.3) is 0 Å². The normalized spacial score (nSPS) is 13.8. The topological polar surface area (TPSA) is 105 Å². The van der Waals surface area contributed by atoms with Crippen molar-refractivity contribution in [2.24, 2.45) is 5.73 Å². The maximum absolute atomic E-state index is 12.2. The summed E-state index contributed by atoms with van der Waals surface area (Å²) < 4.78 is 25.6. The first kappa shape index (κ1) is 15.0. The minimum absolute atomic E-state index is 0.0180. The van der Waals surface area contributed by atoms with Crippen LogP contribution >= 0.6 is 12.2 Å². The first-order valence-electron chi connectivity index (χ1n) is 5.41. The van der Waals surface area contributed by atoms with Gasteiger partial charge in [-0.25, -0.2) is 13.4 Å². The number of thiocarbonyl (C=S) groups is 1. The van der Waals surface area contributed by atoms with E-state index in [2.05, 4.69) is 15.2 Å². The highest BCUT2D eigenvalue weighted by molar-refractivity contribution is 7.92. The molecule has 1 heterocycles. The Bertz CT molecular complexity index is 525. The van der Waals surface area contributed by atoms with E-state index in [0.29, 0.717) is 18.1 Å². The fraction of sp³-hybridized carbons (Fsp3) is 0.667. The van der Waals surface area contributed by atoms with Crippen molar-refractivity contribution in [3.05, 3.63) is 11.6 Å². The SMILES string of the molecule is CCC(C(N)=S)S(=O)(=O)N(C)Cc1n[nH]c(C)n1. The van der Waals surface area contributed by atoms with Crippen LogP contribution in [0.3, 0.4) is 0 Å². The summed E-state index contributed by atoms with van der Waals surface area (Å²) in [5, 5.41) is 5.70. The standard InChI is InChI=1S/C9H17N5O2S2/c1-4-7(9(10)17)18(15,16)14(3)5-8-11-6(2)12-13-8/h7H,4-5H2,1-3H3,(H2,10,17)(H,11,12,13). The summed E-state index contributed by atoms with van der Waals surface area (Å²) in [6.07, 6.45) is 0.342. The summed E-state index contributed by atoms with van der Waals surface area (Å²) in [4.78, 5) is 4.04. The summed E-state index contributed by atoms with van der Waals surface area (Å²) in [7, 11) is -2.11. The lowest BCUT2D eigenvalue weighted by Crippen LogP contribution is -2.42. The van der Waals surface area contributed by atoms with E-state index in [-0.39, 0.29) is 11.5 Å². The van der Waals surface area contributed by atoms with Gasteiger partial charge in [0, 0.05) is 7.05 Å². The molecule has 9 heteroatoms. The van der Waals surface area contributed by atoms with E-state index >= 15 is 0 Å². The third-order valence-corrected chi connectivity index (χ3v) is 5.23. The Morgan fingerprint density at radius 2 is 2.22 bits per heavy atom. The molecule has 1 unspecified atom stereocenters. The number of H-pyrrole nitrogens is 1. The van der Waals surface area contributed by atoms with Crippen molar-refractivity contribution in [2.75, 3.05) is 7.05 Å². The highest BCUT2D eigenvalue weighted by Gasteiger charge is 2.31. The second-order valence-corrected chi connectivity index (χ2v) is 6.63. The van der Waals surface area contributed by atoms with Gasteiger partial charge < -0.3 is 5.73 Å². The molecule has 0 aliphatic rings. The van der Waals surface area contributed by atoms with E-state index in [0.717, 1.165) is 0 Å². The zero-order valence-electron chi connectivity index (χ0n) is 10.5. The van der Waals surface area contributed by atoms with Gasteiger partial charge in [-0.15, -0.1) is 0 Å². The second-order valence-electron chi connectivity index (χ2n) is 3.94. The van der Waals surface area contributed by atoms with Gasteiger partial charge in [0.15, 0.2) is 5.82 Å². The molecule has 18 heavy (non-hydrogen) atoms. The average molecular weight is 291 g/mol. The Balaban J connectivity index is 2.88. The fourth-order valence-electron chi connectivity index (χ4n) is 1.52. The van der Waals surface area contributed by atoms with Gasteiger partial charge in [0.1, 0.15) is 11.1 Å². The molecule has 0 radical (unpaired) electrons. The lowest BCUT2D eigenvalue weighted by molar-refractivity contribution is 0.452. The van der Waals surface area contributed by atoms with Gasteiger partial charge in [-0.3, -0.25) is 5.10 Å². The highest BCUT2D eigenvalue weighted by Crippen LogP contribution is 2.13. The number of nitrogens with two attached hydrogens (primary N) is 1. The number of nitrogens with zero attached hydrogens (tertiary/aromatic N) is 3. The lowest BCUT2D eigenvalue weighted by atomic mass is 10.3. The van der Waals surface area contributed by atoms with Crippen LogP contribution in [0.15, 0.2) is 0 Å². The average Bonchev–Trinajstić information content (AvgIpc) is 2.63. The molecule has 7 nitrogen and oxygen atoms in total. The van der Waals surface area contributed by atoms with E-state index in [9.17, 15) is 8.42 Å². The van der Waals surface area contributed by atoms with Crippen molar-refractivity contribution in [1.82, 2.24) is 19.5 Å². The summed E-state index contributed by atoms with van der Waals surface area (Å²) >= 11 is 4.79. The predicted octanol–water partition coefficient (Wildman–Crippen LogP) is -0.0606. The van der Waals surface area contributed by atoms with Gasteiger partial charge in [0.2, 0.25) is 10.0 Å². The van der Waals surface area contributed by atoms with Crippen LogP contribution in [0, 0.1) is 6.92 Å². The Kier molecular flexibility index (Phi) is 4.77. The van der Waals surface area contributed by atoms with Crippen molar-refractivity contribution < 1.29 is 8.42 Å². The molecule has 0 aliphatic carbocycles. The molecule has 0 spiro atoms. The zero-order valence-corrected chi connectivity index (χ0v) is 12.2. The summed E-state index contributed by atoms with van der Waals surface area (Å²) in [5.41, 5.74) is 5.46. The number of rotatable bonds is 6. The predicted molar refractivity (Wildman–Crippen MR) is 72.4 cm³/mol. The molecule has 0 aliphatic heterocycles. The van der Waals surface area contributed by atoms with Gasteiger partial charge in [-0.2, -0.15) is 9.40 Å². The molecule has 1 atom stereocenters. The zero-order chi connectivity index (χ0) is 13.9. The van der Waals surface area contributed by atoms with Crippen molar-refractivity contribution in [2.45, 2.75) is 32.1 Å². The maximum atomic E-state index is 12.2. The van der Waals surface area contributed by atoms with Gasteiger partial charge in [0.05, 0.1) is 11.5 Å². The minimum Gasteiger partial charge on any atom is -0.392 e. The third kappa shape index (κ3) is 3.24. The quantitative estimate of drug-likeness (QED) is 0.711. The number of hydrogen-bond donors (Lipinski definition) is 2.